The third kappa shape index (κ3) is 4.10. The number of piperidine rings is 2. The number of aromatic nitrogens is 1. The molecule has 6 nitrogen and oxygen atoms in total. The minimum atomic E-state index is -0.0434. The second kappa shape index (κ2) is 7.80. The Bertz CT molecular complexity index is 654. The summed E-state index contributed by atoms with van der Waals surface area (Å²) in [5.74, 6) is 1.55. The Balaban J connectivity index is 1.68. The van der Waals surface area contributed by atoms with Gasteiger partial charge in [-0.2, -0.15) is 0 Å². The number of carbonyl (C=O) groups is 2. The van der Waals surface area contributed by atoms with E-state index in [2.05, 4.69) is 19.0 Å². The summed E-state index contributed by atoms with van der Waals surface area (Å²) < 4.78 is 5.20. The van der Waals surface area contributed by atoms with Gasteiger partial charge in [0.15, 0.2) is 5.69 Å². The van der Waals surface area contributed by atoms with Crippen LogP contribution in [0, 0.1) is 11.3 Å². The highest BCUT2D eigenvalue weighted by atomic mass is 16.5. The van der Waals surface area contributed by atoms with Crippen molar-refractivity contribution in [3.8, 4) is 0 Å². The number of nitrogens with zero attached hydrogens (tertiary/aromatic N) is 3. The predicted molar refractivity (Wildman–Crippen MR) is 98.7 cm³/mol. The van der Waals surface area contributed by atoms with E-state index in [0.29, 0.717) is 24.6 Å². The Kier molecular flexibility index (Phi) is 5.68. The van der Waals surface area contributed by atoms with Gasteiger partial charge in [0, 0.05) is 50.5 Å². The van der Waals surface area contributed by atoms with Crippen molar-refractivity contribution in [1.29, 1.82) is 0 Å². The third-order valence-electron chi connectivity index (χ3n) is 5.80. The Morgan fingerprint density at radius 3 is 2.85 bits per heavy atom. The van der Waals surface area contributed by atoms with Gasteiger partial charge in [-0.15, -0.1) is 0 Å². The van der Waals surface area contributed by atoms with Crippen LogP contribution in [0.1, 0.15) is 69.1 Å². The van der Waals surface area contributed by atoms with Gasteiger partial charge in [0.25, 0.3) is 5.91 Å². The van der Waals surface area contributed by atoms with E-state index >= 15 is 0 Å². The molecule has 0 aliphatic carbocycles. The number of rotatable bonds is 5. The lowest BCUT2D eigenvalue weighted by atomic mass is 9.73. The lowest BCUT2D eigenvalue weighted by Crippen LogP contribution is -2.55. The highest BCUT2D eigenvalue weighted by molar-refractivity contribution is 5.92. The fraction of sp³-hybridized carbons (Fsp3) is 0.750. The van der Waals surface area contributed by atoms with E-state index in [1.54, 1.807) is 6.07 Å². The van der Waals surface area contributed by atoms with Crippen LogP contribution in [-0.4, -0.2) is 52.9 Å². The molecule has 0 N–H and O–H groups in total. The number of aryl methyl sites for hydroxylation is 1. The molecule has 2 saturated heterocycles. The second-order valence-corrected chi connectivity index (χ2v) is 8.36. The van der Waals surface area contributed by atoms with Gasteiger partial charge in [0.2, 0.25) is 5.91 Å². The number of hydrogen-bond donors (Lipinski definition) is 0. The lowest BCUT2D eigenvalue weighted by Gasteiger charge is -2.48. The quantitative estimate of drug-likeness (QED) is 0.808. The molecule has 26 heavy (non-hydrogen) atoms. The molecule has 1 aromatic heterocycles. The topological polar surface area (TPSA) is 66.7 Å². The van der Waals surface area contributed by atoms with Gasteiger partial charge < -0.3 is 14.3 Å². The normalized spacial score (nSPS) is 23.9. The molecule has 0 unspecified atom stereocenters. The first-order valence-electron chi connectivity index (χ1n) is 9.95. The van der Waals surface area contributed by atoms with Gasteiger partial charge in [-0.25, -0.2) is 0 Å². The van der Waals surface area contributed by atoms with E-state index in [0.717, 1.165) is 57.5 Å². The zero-order valence-corrected chi connectivity index (χ0v) is 16.3. The number of hydrogen-bond acceptors (Lipinski definition) is 4. The van der Waals surface area contributed by atoms with Crippen molar-refractivity contribution in [3.05, 3.63) is 17.5 Å². The molecule has 1 atom stereocenters. The molecule has 0 bridgehead atoms. The molecule has 3 rings (SSSR count). The summed E-state index contributed by atoms with van der Waals surface area (Å²) in [6.07, 6.45) is 5.31. The van der Waals surface area contributed by atoms with E-state index in [1.165, 1.54) is 0 Å². The molecule has 0 saturated carbocycles. The van der Waals surface area contributed by atoms with Crippen molar-refractivity contribution in [2.45, 2.75) is 59.3 Å². The first-order valence-corrected chi connectivity index (χ1v) is 9.95. The Hall–Kier alpha value is -1.85. The van der Waals surface area contributed by atoms with Crippen LogP contribution in [0.5, 0.6) is 0 Å². The van der Waals surface area contributed by atoms with Gasteiger partial charge in [-0.3, -0.25) is 9.59 Å². The zero-order chi connectivity index (χ0) is 18.7. The van der Waals surface area contributed by atoms with Crippen LogP contribution < -0.4 is 0 Å². The maximum Gasteiger partial charge on any atom is 0.276 e. The molecule has 2 aliphatic rings. The summed E-state index contributed by atoms with van der Waals surface area (Å²) in [5.41, 5.74) is 0.443. The Morgan fingerprint density at radius 2 is 2.15 bits per heavy atom. The van der Waals surface area contributed by atoms with Crippen molar-refractivity contribution in [3.63, 3.8) is 0 Å². The largest absolute Gasteiger partial charge is 0.361 e. The molecule has 1 spiro atoms. The minimum absolute atomic E-state index is 0.0378. The van der Waals surface area contributed by atoms with Gasteiger partial charge in [0.05, 0.1) is 0 Å². The minimum Gasteiger partial charge on any atom is -0.361 e. The monoisotopic (exact) mass is 361 g/mol. The van der Waals surface area contributed by atoms with E-state index in [9.17, 15) is 9.59 Å². The fourth-order valence-electron chi connectivity index (χ4n) is 4.18. The molecule has 6 heteroatoms. The highest BCUT2D eigenvalue weighted by Crippen LogP contribution is 2.39. The Morgan fingerprint density at radius 1 is 1.35 bits per heavy atom. The molecular formula is C20H31N3O3. The molecule has 144 valence electrons. The zero-order valence-electron chi connectivity index (χ0n) is 16.3. The summed E-state index contributed by atoms with van der Waals surface area (Å²) in [7, 11) is 0. The van der Waals surface area contributed by atoms with Crippen molar-refractivity contribution in [2.75, 3.05) is 26.2 Å². The second-order valence-electron chi connectivity index (χ2n) is 8.36. The summed E-state index contributed by atoms with van der Waals surface area (Å²) >= 11 is 0. The third-order valence-corrected chi connectivity index (χ3v) is 5.80. The van der Waals surface area contributed by atoms with Crippen LogP contribution in [0.25, 0.3) is 0 Å². The number of likely N-dealkylation sites (tertiary alicyclic amines) is 2. The van der Waals surface area contributed by atoms with Crippen LogP contribution in [0.2, 0.25) is 0 Å². The van der Waals surface area contributed by atoms with Crippen LogP contribution in [0.4, 0.5) is 0 Å². The first-order chi connectivity index (χ1) is 12.4. The lowest BCUT2D eigenvalue weighted by molar-refractivity contribution is -0.139. The molecule has 2 aliphatic heterocycles. The summed E-state index contributed by atoms with van der Waals surface area (Å²) in [5, 5.41) is 3.94. The van der Waals surface area contributed by atoms with Crippen molar-refractivity contribution < 1.29 is 14.1 Å². The van der Waals surface area contributed by atoms with E-state index in [1.807, 2.05) is 16.7 Å². The molecular weight excluding hydrogens is 330 g/mol. The van der Waals surface area contributed by atoms with E-state index in [4.69, 9.17) is 4.52 Å². The first kappa shape index (κ1) is 18.9. The maximum atomic E-state index is 12.8. The number of amides is 2. The van der Waals surface area contributed by atoms with Gasteiger partial charge >= 0.3 is 0 Å². The average molecular weight is 361 g/mol. The van der Waals surface area contributed by atoms with Gasteiger partial charge in [0.1, 0.15) is 5.76 Å². The van der Waals surface area contributed by atoms with Crippen LogP contribution in [0.15, 0.2) is 10.6 Å². The van der Waals surface area contributed by atoms with Crippen LogP contribution in [-0.2, 0) is 11.2 Å². The van der Waals surface area contributed by atoms with E-state index in [-0.39, 0.29) is 17.2 Å². The van der Waals surface area contributed by atoms with Crippen molar-refractivity contribution in [2.24, 2.45) is 11.3 Å². The van der Waals surface area contributed by atoms with Gasteiger partial charge in [-0.05, 0) is 31.6 Å². The molecule has 0 radical (unpaired) electrons. The molecule has 3 heterocycles. The smallest absolute Gasteiger partial charge is 0.276 e. The van der Waals surface area contributed by atoms with E-state index < -0.39 is 0 Å². The molecule has 0 aromatic carbocycles. The fourth-order valence-corrected chi connectivity index (χ4v) is 4.18. The summed E-state index contributed by atoms with van der Waals surface area (Å²) in [6.45, 7) is 9.44. The van der Waals surface area contributed by atoms with Crippen LogP contribution in [0.3, 0.4) is 0 Å². The average Bonchev–Trinajstić information content (AvgIpc) is 3.11. The summed E-state index contributed by atoms with van der Waals surface area (Å²) in [6, 6.07) is 1.75. The Labute approximate surface area is 155 Å². The molecule has 2 fully saturated rings. The van der Waals surface area contributed by atoms with Crippen molar-refractivity contribution >= 4 is 11.8 Å². The molecule has 2 amide bonds. The highest BCUT2D eigenvalue weighted by Gasteiger charge is 2.43. The van der Waals surface area contributed by atoms with Crippen molar-refractivity contribution in [1.82, 2.24) is 15.0 Å². The summed E-state index contributed by atoms with van der Waals surface area (Å²) in [4.78, 5) is 29.1. The van der Waals surface area contributed by atoms with Crippen LogP contribution >= 0.6 is 0 Å². The SMILES string of the molecule is CCc1cc(C(=O)N2CCC[C@@]3(CCC(=O)N(CCC(C)C)C3)C2)no1. The standard InChI is InChI=1S/C20H31N3O3/c1-4-16-12-17(21-26-16)19(25)23-10-5-8-20(14-23)9-6-18(24)22(13-20)11-7-15(2)3/h12,15H,4-11,13-14H2,1-3H3/t20-/m0/s1. The molecule has 1 aromatic rings. The maximum absolute atomic E-state index is 12.8. The number of carbonyl (C=O) groups excluding carboxylic acids is 2. The van der Waals surface area contributed by atoms with Gasteiger partial charge in [-0.1, -0.05) is 25.9 Å². The predicted octanol–water partition coefficient (Wildman–Crippen LogP) is 3.13.